The van der Waals surface area contributed by atoms with Crippen LogP contribution in [0.5, 0.6) is 0 Å². The van der Waals surface area contributed by atoms with Gasteiger partial charge in [-0.3, -0.25) is 19.2 Å². The van der Waals surface area contributed by atoms with E-state index in [1.165, 1.54) is 13.8 Å². The van der Waals surface area contributed by atoms with Crippen LogP contribution in [0, 0.1) is 28.6 Å². The first-order valence-electron chi connectivity index (χ1n) is 19.4. The van der Waals surface area contributed by atoms with E-state index in [1.54, 1.807) is 0 Å². The van der Waals surface area contributed by atoms with Crippen molar-refractivity contribution in [3.05, 3.63) is 0 Å². The molecule has 9 atom stereocenters. The zero-order valence-electron chi connectivity index (χ0n) is 34.8. The van der Waals surface area contributed by atoms with Crippen LogP contribution in [-0.4, -0.2) is 215 Å². The molecule has 0 bridgehead atoms. The second-order valence-electron chi connectivity index (χ2n) is 18.7. The van der Waals surface area contributed by atoms with Crippen LogP contribution in [0.2, 0.25) is 0 Å². The van der Waals surface area contributed by atoms with Gasteiger partial charge in [-0.25, -0.2) is 4.79 Å². The maximum Gasteiger partial charge on any atom is 0.356 e. The van der Waals surface area contributed by atoms with Crippen molar-refractivity contribution in [2.75, 3.05) is 7.11 Å². The molecule has 1 saturated heterocycles. The van der Waals surface area contributed by atoms with Crippen LogP contribution >= 0.6 is 0 Å². The number of ether oxygens (including phenoxy) is 4. The Hall–Kier alpha value is -2.73. The van der Waals surface area contributed by atoms with Crippen molar-refractivity contribution in [2.45, 2.75) is 155 Å². The summed E-state index contributed by atoms with van der Waals surface area (Å²) in [4.78, 5) is 67.5. The molecule has 4 aliphatic carbocycles. The van der Waals surface area contributed by atoms with Crippen molar-refractivity contribution in [3.8, 4) is 0 Å². The van der Waals surface area contributed by atoms with E-state index >= 15 is 4.79 Å². The van der Waals surface area contributed by atoms with E-state index in [-0.39, 0.29) is 26.4 Å². The number of esters is 1. The lowest BCUT2D eigenvalue weighted by molar-refractivity contribution is -0.644. The fraction of sp³-hybridized carbons (Fsp3) is 0.861. The second kappa shape index (κ2) is 14.4. The van der Waals surface area contributed by atoms with Gasteiger partial charge in [-0.15, -0.1) is 0 Å². The minimum atomic E-state index is -5.34. The van der Waals surface area contributed by atoms with E-state index in [0.29, 0.717) is 13.8 Å². The van der Waals surface area contributed by atoms with Crippen molar-refractivity contribution in [1.29, 1.82) is 0 Å². The molecule has 1 aliphatic heterocycles. The van der Waals surface area contributed by atoms with E-state index in [2.05, 4.69) is 0 Å². The van der Waals surface area contributed by atoms with Gasteiger partial charge in [0.05, 0.1) is 6.10 Å². The predicted molar refractivity (Wildman–Crippen MR) is 189 cm³/mol. The summed E-state index contributed by atoms with van der Waals surface area (Å²) in [7, 11) is 0.153. The van der Waals surface area contributed by atoms with E-state index in [1.807, 2.05) is 0 Å². The molecule has 0 aromatic rings. The Labute approximate surface area is 359 Å². The maximum atomic E-state index is 15.5. The summed E-state index contributed by atoms with van der Waals surface area (Å²) in [6.45, 7) is 4.98. The molecule has 19 N–H and O–H groups in total. The molecule has 5 aliphatic rings. The summed E-state index contributed by atoms with van der Waals surface area (Å²) < 4.78 is 21.3. The number of ketones is 4. The summed E-state index contributed by atoms with van der Waals surface area (Å²) in [5, 5.41) is 203. The molecular weight excluding hydrogens is 880 g/mol. The molecule has 28 heteroatoms. The monoisotopic (exact) mass is 934 g/mol. The third-order valence-electron chi connectivity index (χ3n) is 14.9. The minimum Gasteiger partial charge on any atom is -0.449 e. The van der Waals surface area contributed by atoms with Crippen molar-refractivity contribution >= 4 is 29.1 Å². The number of carbonyl (C=O) groups excluding carboxylic acids is 5. The highest BCUT2D eigenvalue weighted by Gasteiger charge is 2.98. The largest absolute Gasteiger partial charge is 0.449 e. The first kappa shape index (κ1) is 52.2. The average Bonchev–Trinajstić information content (AvgIpc) is 3.55. The van der Waals surface area contributed by atoms with Gasteiger partial charge in [0, 0.05) is 24.9 Å². The molecule has 5 fully saturated rings. The molecule has 5 rings (SSSR count). The number of aliphatic hydroxyl groups excluding tert-OH is 1. The summed E-state index contributed by atoms with van der Waals surface area (Å²) in [6, 6.07) is 0. The molecule has 0 aromatic carbocycles. The number of rotatable bonds is 8. The van der Waals surface area contributed by atoms with Crippen molar-refractivity contribution in [2.24, 2.45) is 28.6 Å². The number of Topliss-reactive ketones (excluding diaryl/α,β-unsaturated/α-hetero) is 4. The van der Waals surface area contributed by atoms with Gasteiger partial charge in [0.15, 0.2) is 11.2 Å². The molecule has 28 nitrogen and oxygen atoms in total. The number of aliphatic hydroxyl groups is 19. The number of hydrogen-bond acceptors (Lipinski definition) is 28. The molecule has 9 unspecified atom stereocenters. The van der Waals surface area contributed by atoms with Crippen LogP contribution in [0.4, 0.5) is 0 Å². The van der Waals surface area contributed by atoms with Gasteiger partial charge < -0.3 is 116 Å². The second-order valence-corrected chi connectivity index (χ2v) is 18.7. The molecule has 1 heterocycles. The Morgan fingerprint density at radius 3 is 1.67 bits per heavy atom. The lowest BCUT2D eigenvalue weighted by Gasteiger charge is -2.65. The highest BCUT2D eigenvalue weighted by Crippen LogP contribution is 2.69. The topological polar surface area (TPSA) is 507 Å². The standard InChI is InChI=1S/C36H54O28/c1-13-16(37)12-25(5)14(8-7-9-15-19(39)20(40)17(38)11-24(13,15)4)10-18-26(25,21(41)23(2,3)63-22(42)27(43,34(54,55)56)35(57,58)59)64-36(60,62-18)28(61-6)29(44,45)31(48,49)33(52,53)32(50,51)30(28,46)47/h13-16,18,37,43-60H,7-12H2,1-6H3. The predicted octanol–water partition coefficient (Wildman–Crippen LogP) is -10.2. The van der Waals surface area contributed by atoms with E-state index < -0.39 is 158 Å². The van der Waals surface area contributed by atoms with E-state index in [9.17, 15) is 116 Å². The fourth-order valence-electron chi connectivity index (χ4n) is 10.8. The zero-order chi connectivity index (χ0) is 49.8. The van der Waals surface area contributed by atoms with Gasteiger partial charge in [0.1, 0.15) is 6.10 Å². The summed E-state index contributed by atoms with van der Waals surface area (Å²) in [5.41, 5.74) is -20.5. The zero-order valence-corrected chi connectivity index (χ0v) is 34.8. The highest BCUT2D eigenvalue weighted by molar-refractivity contribution is 6.65. The Kier molecular flexibility index (Phi) is 11.8. The summed E-state index contributed by atoms with van der Waals surface area (Å²) in [6.07, 6.45) is -6.84. The van der Waals surface area contributed by atoms with Crippen molar-refractivity contribution < 1.29 is 140 Å². The van der Waals surface area contributed by atoms with Gasteiger partial charge in [0.25, 0.3) is 40.3 Å². The molecule has 0 radical (unpaired) electrons. The fourth-order valence-corrected chi connectivity index (χ4v) is 10.8. The first-order chi connectivity index (χ1) is 28.3. The molecule has 0 amide bonds. The Morgan fingerprint density at radius 1 is 0.750 bits per heavy atom. The van der Waals surface area contributed by atoms with Gasteiger partial charge >= 0.3 is 29.5 Å². The maximum absolute atomic E-state index is 15.5. The van der Waals surface area contributed by atoms with Crippen LogP contribution in [0.15, 0.2) is 0 Å². The van der Waals surface area contributed by atoms with Crippen LogP contribution in [0.1, 0.15) is 73.1 Å². The van der Waals surface area contributed by atoms with Gasteiger partial charge in [0.2, 0.25) is 17.3 Å². The van der Waals surface area contributed by atoms with Crippen LogP contribution in [0.25, 0.3) is 0 Å². The number of hydrogen-bond donors (Lipinski definition) is 19. The van der Waals surface area contributed by atoms with Gasteiger partial charge in [-0.1, -0.05) is 27.2 Å². The van der Waals surface area contributed by atoms with E-state index in [0.717, 1.165) is 6.92 Å². The lowest BCUT2D eigenvalue weighted by atomic mass is 9.54. The van der Waals surface area contributed by atoms with Crippen LogP contribution in [0.3, 0.4) is 0 Å². The third kappa shape index (κ3) is 5.93. The lowest BCUT2D eigenvalue weighted by Crippen LogP contribution is -2.99. The average molecular weight is 935 g/mol. The molecule has 0 aromatic heterocycles. The molecule has 4 saturated carbocycles. The van der Waals surface area contributed by atoms with Crippen molar-refractivity contribution in [3.63, 3.8) is 0 Å². The minimum absolute atomic E-state index is 0.0701. The smallest absolute Gasteiger partial charge is 0.356 e. The number of carbonyl (C=O) groups is 5. The van der Waals surface area contributed by atoms with Crippen molar-refractivity contribution in [1.82, 2.24) is 0 Å². The first-order valence-corrected chi connectivity index (χ1v) is 19.4. The quantitative estimate of drug-likeness (QED) is 0.0610. The number of fused-ring (bicyclic) bond motifs is 4. The summed E-state index contributed by atoms with van der Waals surface area (Å²) in [5.74, 6) is -53.1. The molecule has 366 valence electrons. The SMILES string of the molecule is COC1(C2(O)OC3CC4CCCC5C(=O)C(=O)C(=O)CC5(C)C(C)C(O)CC4(C)C3(C(=O)C(C)(C)OC(=O)C(O)(C(O)(O)O)C(O)(O)O)O2)C(O)(O)C(O)(O)C(O)(O)C(O)(O)C1(O)O. The van der Waals surface area contributed by atoms with Crippen LogP contribution in [-0.2, 0) is 42.9 Å². The molecule has 0 spiro atoms. The van der Waals surface area contributed by atoms with Crippen LogP contribution < -0.4 is 0 Å². The normalized spacial score (nSPS) is 39.3. The highest BCUT2D eigenvalue weighted by atomic mass is 16.9. The Bertz CT molecular complexity index is 1930. The Morgan fingerprint density at radius 2 is 1.22 bits per heavy atom. The van der Waals surface area contributed by atoms with Gasteiger partial charge in [-0.05, 0) is 56.8 Å². The Balaban J connectivity index is 1.80. The summed E-state index contributed by atoms with van der Waals surface area (Å²) >= 11 is 0. The molecular formula is C36H54O28. The number of methoxy groups -OCH3 is 1. The van der Waals surface area contributed by atoms with Gasteiger partial charge in [-0.2, -0.15) is 0 Å². The third-order valence-corrected chi connectivity index (χ3v) is 14.9. The van der Waals surface area contributed by atoms with E-state index in [4.69, 9.17) is 18.9 Å². The molecule has 64 heavy (non-hydrogen) atoms.